The van der Waals surface area contributed by atoms with E-state index in [1.807, 2.05) is 5.38 Å². The van der Waals surface area contributed by atoms with Crippen LogP contribution in [0.5, 0.6) is 0 Å². The van der Waals surface area contributed by atoms with Gasteiger partial charge < -0.3 is 5.32 Å². The monoisotopic (exact) mass is 430 g/mol. The summed E-state index contributed by atoms with van der Waals surface area (Å²) < 4.78 is 1.47. The molecule has 0 atom stereocenters. The van der Waals surface area contributed by atoms with E-state index < -0.39 is 0 Å². The minimum Gasteiger partial charge on any atom is -0.316 e. The van der Waals surface area contributed by atoms with Gasteiger partial charge in [-0.25, -0.2) is 4.98 Å². The molecule has 1 aliphatic carbocycles. The molecule has 1 aliphatic rings. The van der Waals surface area contributed by atoms with Crippen LogP contribution in [0, 0.1) is 11.3 Å². The Morgan fingerprint density at radius 2 is 2.21 bits per heavy atom. The standard InChI is InChI=1S/C19H18N4O2S3/c1-23-18(25)12-7-8-26-16(12)22-19(23)27-10-15(24)21-17-13(9-20)11-5-3-2-4-6-14(11)28-17/h7-8H,2-6,10H2,1H3,(H,21,24). The van der Waals surface area contributed by atoms with E-state index in [9.17, 15) is 14.9 Å². The highest BCUT2D eigenvalue weighted by Gasteiger charge is 2.21. The highest BCUT2D eigenvalue weighted by molar-refractivity contribution is 7.99. The quantitative estimate of drug-likeness (QED) is 0.385. The van der Waals surface area contributed by atoms with E-state index >= 15 is 0 Å². The summed E-state index contributed by atoms with van der Waals surface area (Å²) >= 11 is 4.16. The van der Waals surface area contributed by atoms with Crippen molar-refractivity contribution in [1.82, 2.24) is 9.55 Å². The van der Waals surface area contributed by atoms with Crippen molar-refractivity contribution in [2.24, 2.45) is 7.05 Å². The molecule has 0 unspecified atom stereocenters. The molecule has 0 saturated heterocycles. The fourth-order valence-electron chi connectivity index (χ4n) is 3.35. The summed E-state index contributed by atoms with van der Waals surface area (Å²) in [5.41, 5.74) is 1.62. The van der Waals surface area contributed by atoms with E-state index in [1.165, 1.54) is 50.3 Å². The summed E-state index contributed by atoms with van der Waals surface area (Å²) in [6.45, 7) is 0. The second-order valence-electron chi connectivity index (χ2n) is 6.62. The minimum atomic E-state index is -0.196. The van der Waals surface area contributed by atoms with Crippen LogP contribution in [0.2, 0.25) is 0 Å². The van der Waals surface area contributed by atoms with Crippen LogP contribution in [0.4, 0.5) is 5.00 Å². The number of thiophene rings is 2. The van der Waals surface area contributed by atoms with Gasteiger partial charge in [-0.2, -0.15) is 5.26 Å². The maximum Gasteiger partial charge on any atom is 0.262 e. The summed E-state index contributed by atoms with van der Waals surface area (Å²) in [4.78, 5) is 31.2. The van der Waals surface area contributed by atoms with Gasteiger partial charge in [-0.3, -0.25) is 14.2 Å². The van der Waals surface area contributed by atoms with E-state index in [0.717, 1.165) is 31.2 Å². The van der Waals surface area contributed by atoms with E-state index in [2.05, 4.69) is 16.4 Å². The molecule has 0 aliphatic heterocycles. The average Bonchev–Trinajstić information content (AvgIpc) is 3.21. The predicted molar refractivity (Wildman–Crippen MR) is 115 cm³/mol. The summed E-state index contributed by atoms with van der Waals surface area (Å²) in [5, 5.41) is 16.1. The SMILES string of the molecule is Cn1c(SCC(=O)Nc2sc3c(c2C#N)CCCCC3)nc2sccc2c1=O. The topological polar surface area (TPSA) is 87.8 Å². The Morgan fingerprint density at radius 1 is 1.39 bits per heavy atom. The number of fused-ring (bicyclic) bond motifs is 2. The number of thioether (sulfide) groups is 1. The van der Waals surface area contributed by atoms with Crippen molar-refractivity contribution < 1.29 is 4.79 Å². The summed E-state index contributed by atoms with van der Waals surface area (Å²) in [6.07, 6.45) is 5.29. The number of amides is 1. The molecule has 0 spiro atoms. The molecule has 0 saturated carbocycles. The first-order chi connectivity index (χ1) is 13.6. The first kappa shape index (κ1) is 19.2. The third-order valence-electron chi connectivity index (χ3n) is 4.78. The van der Waals surface area contributed by atoms with Crippen molar-refractivity contribution in [2.75, 3.05) is 11.1 Å². The molecule has 3 heterocycles. The molecular formula is C19H18N4O2S3. The van der Waals surface area contributed by atoms with Gasteiger partial charge in [0.05, 0.1) is 16.7 Å². The van der Waals surface area contributed by atoms with Crippen molar-refractivity contribution in [3.8, 4) is 6.07 Å². The zero-order valence-electron chi connectivity index (χ0n) is 15.3. The molecule has 6 nitrogen and oxygen atoms in total. The third-order valence-corrected chi connectivity index (χ3v) is 7.83. The lowest BCUT2D eigenvalue weighted by molar-refractivity contribution is -0.113. The predicted octanol–water partition coefficient (Wildman–Crippen LogP) is 3.93. The molecule has 4 rings (SSSR count). The number of aryl methyl sites for hydroxylation is 1. The lowest BCUT2D eigenvalue weighted by atomic mass is 10.1. The number of carbonyl (C=O) groups is 1. The number of anilines is 1. The lowest BCUT2D eigenvalue weighted by Crippen LogP contribution is -2.20. The van der Waals surface area contributed by atoms with E-state index in [0.29, 0.717) is 25.9 Å². The molecular weight excluding hydrogens is 412 g/mol. The first-order valence-corrected chi connectivity index (χ1v) is 11.7. The van der Waals surface area contributed by atoms with Crippen molar-refractivity contribution in [2.45, 2.75) is 37.3 Å². The van der Waals surface area contributed by atoms with Gasteiger partial charge in [0.15, 0.2) is 5.16 Å². The molecule has 0 fully saturated rings. The summed E-state index contributed by atoms with van der Waals surface area (Å²) in [5.74, 6) is -0.0663. The Kier molecular flexibility index (Phi) is 5.53. The number of nitrogens with zero attached hydrogens (tertiary/aromatic N) is 3. The molecule has 3 aromatic rings. The number of carbonyl (C=O) groups excluding carboxylic acids is 1. The molecule has 0 aromatic carbocycles. The van der Waals surface area contributed by atoms with Crippen molar-refractivity contribution >= 4 is 55.6 Å². The zero-order chi connectivity index (χ0) is 19.7. The van der Waals surface area contributed by atoms with Gasteiger partial charge in [0.1, 0.15) is 15.9 Å². The second-order valence-corrected chi connectivity index (χ2v) is 9.56. The summed E-state index contributed by atoms with van der Waals surface area (Å²) in [7, 11) is 1.66. The normalized spacial score (nSPS) is 13.7. The molecule has 0 bridgehead atoms. The summed E-state index contributed by atoms with van der Waals surface area (Å²) in [6, 6.07) is 4.04. The fourth-order valence-corrected chi connectivity index (χ4v) is 6.18. The lowest BCUT2D eigenvalue weighted by Gasteiger charge is -2.07. The minimum absolute atomic E-state index is 0.108. The van der Waals surface area contributed by atoms with Crippen LogP contribution in [0.1, 0.15) is 35.3 Å². The average molecular weight is 431 g/mol. The Hall–Kier alpha value is -2.15. The molecule has 0 radical (unpaired) electrons. The van der Waals surface area contributed by atoms with Gasteiger partial charge in [-0.15, -0.1) is 22.7 Å². The number of nitriles is 1. The van der Waals surface area contributed by atoms with Crippen LogP contribution < -0.4 is 10.9 Å². The van der Waals surface area contributed by atoms with Crippen LogP contribution in [-0.2, 0) is 24.7 Å². The Labute approximate surface area is 174 Å². The first-order valence-electron chi connectivity index (χ1n) is 9.00. The Morgan fingerprint density at radius 3 is 3.04 bits per heavy atom. The fraction of sp³-hybridized carbons (Fsp3) is 0.368. The van der Waals surface area contributed by atoms with E-state index in [-0.39, 0.29) is 17.2 Å². The van der Waals surface area contributed by atoms with Crippen molar-refractivity contribution in [3.63, 3.8) is 0 Å². The molecule has 28 heavy (non-hydrogen) atoms. The highest BCUT2D eigenvalue weighted by Crippen LogP contribution is 2.37. The number of nitrogens with one attached hydrogen (secondary N) is 1. The van der Waals surface area contributed by atoms with Crippen LogP contribution in [0.3, 0.4) is 0 Å². The molecule has 1 amide bonds. The molecule has 144 valence electrons. The van der Waals surface area contributed by atoms with Gasteiger partial charge in [-0.1, -0.05) is 18.2 Å². The number of hydrogen-bond acceptors (Lipinski definition) is 7. The number of hydrogen-bond donors (Lipinski definition) is 1. The molecule has 9 heteroatoms. The van der Waals surface area contributed by atoms with Gasteiger partial charge in [-0.05, 0) is 42.7 Å². The largest absolute Gasteiger partial charge is 0.316 e. The van der Waals surface area contributed by atoms with Gasteiger partial charge in [0.2, 0.25) is 5.91 Å². The zero-order valence-corrected chi connectivity index (χ0v) is 17.7. The van der Waals surface area contributed by atoms with Crippen LogP contribution >= 0.6 is 34.4 Å². The smallest absolute Gasteiger partial charge is 0.262 e. The number of rotatable bonds is 4. The Bertz CT molecular complexity index is 1150. The van der Waals surface area contributed by atoms with Gasteiger partial charge in [0.25, 0.3) is 5.56 Å². The third kappa shape index (κ3) is 3.60. The van der Waals surface area contributed by atoms with Crippen molar-refractivity contribution in [3.05, 3.63) is 37.8 Å². The molecule has 1 N–H and O–H groups in total. The van der Waals surface area contributed by atoms with Crippen LogP contribution in [0.15, 0.2) is 21.4 Å². The molecule has 3 aromatic heterocycles. The van der Waals surface area contributed by atoms with Crippen molar-refractivity contribution in [1.29, 1.82) is 5.26 Å². The van der Waals surface area contributed by atoms with E-state index in [1.54, 1.807) is 13.1 Å². The van der Waals surface area contributed by atoms with Gasteiger partial charge >= 0.3 is 0 Å². The maximum absolute atomic E-state index is 12.5. The Balaban J connectivity index is 1.49. The van der Waals surface area contributed by atoms with Crippen LogP contribution in [0.25, 0.3) is 10.2 Å². The van der Waals surface area contributed by atoms with Crippen LogP contribution in [-0.4, -0.2) is 21.2 Å². The highest BCUT2D eigenvalue weighted by atomic mass is 32.2. The number of aromatic nitrogens is 2. The van der Waals surface area contributed by atoms with Gasteiger partial charge in [0, 0.05) is 11.9 Å². The maximum atomic E-state index is 12.5. The van der Waals surface area contributed by atoms with E-state index in [4.69, 9.17) is 0 Å². The second kappa shape index (κ2) is 8.07.